The van der Waals surface area contributed by atoms with Gasteiger partial charge < -0.3 is 14.4 Å². The number of carbonyl (C=O) groups excluding carboxylic acids is 1. The lowest BCUT2D eigenvalue weighted by Crippen LogP contribution is -2.51. The van der Waals surface area contributed by atoms with Crippen LogP contribution in [0.3, 0.4) is 0 Å². The van der Waals surface area contributed by atoms with Crippen LogP contribution in [0.4, 0.5) is 0 Å². The molecule has 0 saturated carbocycles. The van der Waals surface area contributed by atoms with E-state index >= 15 is 0 Å². The van der Waals surface area contributed by atoms with E-state index in [4.69, 9.17) is 9.47 Å². The lowest BCUT2D eigenvalue weighted by molar-refractivity contribution is 0.0579. The molecule has 1 aromatic rings. The molecule has 122 valence electrons. The normalized spacial score (nSPS) is 17.2. The summed E-state index contributed by atoms with van der Waals surface area (Å²) < 4.78 is 10.5. The fraction of sp³-hybridized carbons (Fsp3) is 0.588. The third-order valence-corrected chi connectivity index (χ3v) is 4.45. The summed E-state index contributed by atoms with van der Waals surface area (Å²) in [7, 11) is 3.17. The molecule has 0 aromatic heterocycles. The molecule has 0 spiro atoms. The molecule has 1 saturated heterocycles. The van der Waals surface area contributed by atoms with Crippen LogP contribution >= 0.6 is 0 Å². The fourth-order valence-corrected chi connectivity index (χ4v) is 2.78. The van der Waals surface area contributed by atoms with E-state index in [2.05, 4.69) is 18.7 Å². The highest BCUT2D eigenvalue weighted by molar-refractivity contribution is 5.95. The maximum atomic E-state index is 12.6. The molecule has 1 fully saturated rings. The number of benzene rings is 1. The Morgan fingerprint density at radius 2 is 1.77 bits per heavy atom. The van der Waals surface area contributed by atoms with Crippen molar-refractivity contribution in [1.82, 2.24) is 9.80 Å². The summed E-state index contributed by atoms with van der Waals surface area (Å²) >= 11 is 0. The van der Waals surface area contributed by atoms with Gasteiger partial charge in [-0.15, -0.1) is 0 Å². The molecule has 1 amide bonds. The quantitative estimate of drug-likeness (QED) is 0.837. The summed E-state index contributed by atoms with van der Waals surface area (Å²) in [5, 5.41) is 0. The van der Waals surface area contributed by atoms with E-state index in [1.807, 2.05) is 4.90 Å². The van der Waals surface area contributed by atoms with Gasteiger partial charge in [0.05, 0.1) is 14.2 Å². The van der Waals surface area contributed by atoms with Gasteiger partial charge in [0.1, 0.15) is 0 Å². The molecule has 5 heteroatoms. The predicted octanol–water partition coefficient (Wildman–Crippen LogP) is 2.26. The molecule has 5 nitrogen and oxygen atoms in total. The van der Waals surface area contributed by atoms with Crippen molar-refractivity contribution in [3.05, 3.63) is 23.8 Å². The van der Waals surface area contributed by atoms with E-state index in [1.165, 1.54) is 0 Å². The zero-order valence-electron chi connectivity index (χ0n) is 14.0. The van der Waals surface area contributed by atoms with Crippen molar-refractivity contribution >= 4 is 5.91 Å². The summed E-state index contributed by atoms with van der Waals surface area (Å²) in [5.74, 6) is 1.29. The summed E-state index contributed by atoms with van der Waals surface area (Å²) in [6.45, 7) is 7.87. The first kappa shape index (κ1) is 16.6. The van der Waals surface area contributed by atoms with Gasteiger partial charge in [-0.05, 0) is 31.5 Å². The molecule has 2 rings (SSSR count). The Morgan fingerprint density at radius 3 is 2.32 bits per heavy atom. The zero-order chi connectivity index (χ0) is 16.1. The van der Waals surface area contributed by atoms with Gasteiger partial charge in [-0.1, -0.05) is 6.92 Å². The van der Waals surface area contributed by atoms with Crippen molar-refractivity contribution in [1.29, 1.82) is 0 Å². The van der Waals surface area contributed by atoms with Crippen LogP contribution in [-0.4, -0.2) is 62.1 Å². The van der Waals surface area contributed by atoms with Crippen LogP contribution in [0.1, 0.15) is 30.6 Å². The van der Waals surface area contributed by atoms with Crippen LogP contribution in [0, 0.1) is 0 Å². The molecule has 0 N–H and O–H groups in total. The summed E-state index contributed by atoms with van der Waals surface area (Å²) in [6.07, 6.45) is 1.14. The Morgan fingerprint density at radius 1 is 1.14 bits per heavy atom. The first-order valence-corrected chi connectivity index (χ1v) is 7.86. The minimum absolute atomic E-state index is 0.0600. The van der Waals surface area contributed by atoms with Gasteiger partial charge in [-0.3, -0.25) is 9.69 Å². The molecule has 1 atom stereocenters. The Hall–Kier alpha value is -1.75. The second-order valence-electron chi connectivity index (χ2n) is 5.66. The smallest absolute Gasteiger partial charge is 0.254 e. The maximum absolute atomic E-state index is 12.6. The molecule has 0 radical (unpaired) electrons. The topological polar surface area (TPSA) is 42.0 Å². The monoisotopic (exact) mass is 306 g/mol. The number of carbonyl (C=O) groups is 1. The SMILES string of the molecule is CCC(C)N1CCN(C(=O)c2ccc(OC)c(OC)c2)CC1. The third kappa shape index (κ3) is 3.53. The predicted molar refractivity (Wildman–Crippen MR) is 86.8 cm³/mol. The standard InChI is InChI=1S/C17H26N2O3/c1-5-13(2)18-8-10-19(11-9-18)17(20)14-6-7-15(21-3)16(12-14)22-4/h6-7,12-13H,5,8-11H2,1-4H3. The van der Waals surface area contributed by atoms with Crippen LogP contribution in [0.25, 0.3) is 0 Å². The Balaban J connectivity index is 2.04. The van der Waals surface area contributed by atoms with Gasteiger partial charge in [-0.2, -0.15) is 0 Å². The Labute approximate surface area is 132 Å². The molecule has 0 aliphatic carbocycles. The van der Waals surface area contributed by atoms with Crippen LogP contribution in [0.5, 0.6) is 11.5 Å². The highest BCUT2D eigenvalue weighted by Crippen LogP contribution is 2.28. The number of ether oxygens (including phenoxy) is 2. The molecule has 0 bridgehead atoms. The van der Waals surface area contributed by atoms with Crippen LogP contribution < -0.4 is 9.47 Å². The third-order valence-electron chi connectivity index (χ3n) is 4.45. The fourth-order valence-electron chi connectivity index (χ4n) is 2.78. The lowest BCUT2D eigenvalue weighted by atomic mass is 10.1. The molecule has 1 aromatic carbocycles. The van der Waals surface area contributed by atoms with Crippen molar-refractivity contribution in [2.45, 2.75) is 26.3 Å². The second-order valence-corrected chi connectivity index (χ2v) is 5.66. The first-order valence-electron chi connectivity index (χ1n) is 7.86. The van der Waals surface area contributed by atoms with E-state index in [1.54, 1.807) is 32.4 Å². The largest absolute Gasteiger partial charge is 0.493 e. The Bertz CT molecular complexity index is 511. The highest BCUT2D eigenvalue weighted by atomic mass is 16.5. The minimum Gasteiger partial charge on any atom is -0.493 e. The van der Waals surface area contributed by atoms with Crippen LogP contribution in [0.2, 0.25) is 0 Å². The Kier molecular flexibility index (Phi) is 5.66. The van der Waals surface area contributed by atoms with E-state index in [0.717, 1.165) is 32.6 Å². The summed E-state index contributed by atoms with van der Waals surface area (Å²) in [6, 6.07) is 5.91. The molecule has 1 aliphatic heterocycles. The highest BCUT2D eigenvalue weighted by Gasteiger charge is 2.24. The van der Waals surface area contributed by atoms with Crippen molar-refractivity contribution < 1.29 is 14.3 Å². The molecule has 1 heterocycles. The summed E-state index contributed by atoms with van der Waals surface area (Å²) in [4.78, 5) is 17.0. The van der Waals surface area contributed by atoms with Crippen LogP contribution in [-0.2, 0) is 0 Å². The molecular weight excluding hydrogens is 280 g/mol. The van der Waals surface area contributed by atoms with E-state index in [0.29, 0.717) is 23.1 Å². The van der Waals surface area contributed by atoms with Crippen LogP contribution in [0.15, 0.2) is 18.2 Å². The summed E-state index contributed by atoms with van der Waals surface area (Å²) in [5.41, 5.74) is 0.648. The molecule has 22 heavy (non-hydrogen) atoms. The van der Waals surface area contributed by atoms with Crippen molar-refractivity contribution in [2.24, 2.45) is 0 Å². The van der Waals surface area contributed by atoms with Gasteiger partial charge in [0.2, 0.25) is 0 Å². The second kappa shape index (κ2) is 7.49. The minimum atomic E-state index is 0.0600. The van der Waals surface area contributed by atoms with Gasteiger partial charge in [0.15, 0.2) is 11.5 Å². The number of hydrogen-bond acceptors (Lipinski definition) is 4. The van der Waals surface area contributed by atoms with E-state index < -0.39 is 0 Å². The van der Waals surface area contributed by atoms with Crippen molar-refractivity contribution in [2.75, 3.05) is 40.4 Å². The average Bonchev–Trinajstić information content (AvgIpc) is 2.59. The van der Waals surface area contributed by atoms with Gasteiger partial charge in [-0.25, -0.2) is 0 Å². The number of nitrogens with zero attached hydrogens (tertiary/aromatic N) is 2. The molecule has 1 aliphatic rings. The zero-order valence-corrected chi connectivity index (χ0v) is 14.0. The van der Waals surface area contributed by atoms with Crippen molar-refractivity contribution in [3.8, 4) is 11.5 Å². The van der Waals surface area contributed by atoms with E-state index in [9.17, 15) is 4.79 Å². The number of hydrogen-bond donors (Lipinski definition) is 0. The number of piperazine rings is 1. The number of rotatable bonds is 5. The van der Waals surface area contributed by atoms with E-state index in [-0.39, 0.29) is 5.91 Å². The first-order chi connectivity index (χ1) is 10.6. The molecule has 1 unspecified atom stereocenters. The maximum Gasteiger partial charge on any atom is 0.254 e. The van der Waals surface area contributed by atoms with Crippen molar-refractivity contribution in [3.63, 3.8) is 0 Å². The van der Waals surface area contributed by atoms with Gasteiger partial charge in [0.25, 0.3) is 5.91 Å². The van der Waals surface area contributed by atoms with Gasteiger partial charge in [0, 0.05) is 37.8 Å². The van der Waals surface area contributed by atoms with Gasteiger partial charge >= 0.3 is 0 Å². The molecular formula is C17H26N2O3. The number of amides is 1. The lowest BCUT2D eigenvalue weighted by Gasteiger charge is -2.37. The average molecular weight is 306 g/mol. The number of methoxy groups -OCH3 is 2.